The first-order chi connectivity index (χ1) is 14.0. The molecule has 0 aliphatic carbocycles. The normalized spacial score (nSPS) is 20.6. The number of aromatic nitrogens is 2. The summed E-state index contributed by atoms with van der Waals surface area (Å²) in [5.41, 5.74) is 1.02. The molecule has 1 aromatic carbocycles. The summed E-state index contributed by atoms with van der Waals surface area (Å²) in [4.78, 5) is 27.2. The van der Waals surface area contributed by atoms with Crippen molar-refractivity contribution in [3.63, 3.8) is 0 Å². The molecule has 9 nitrogen and oxygen atoms in total. The summed E-state index contributed by atoms with van der Waals surface area (Å²) in [5.74, 6) is -0.679. The molecular weight excluding hydrogens is 376 g/mol. The molecule has 1 aromatic heterocycles. The van der Waals surface area contributed by atoms with Crippen molar-refractivity contribution in [2.75, 3.05) is 40.0 Å². The fourth-order valence-corrected chi connectivity index (χ4v) is 3.62. The molecule has 1 aliphatic heterocycles. The van der Waals surface area contributed by atoms with E-state index in [0.29, 0.717) is 38.1 Å². The van der Waals surface area contributed by atoms with Gasteiger partial charge in [0.1, 0.15) is 6.04 Å². The monoisotopic (exact) mass is 404 g/mol. The Bertz CT molecular complexity index is 839. The molecular formula is C20H28N4O5. The number of benzene rings is 1. The van der Waals surface area contributed by atoms with Crippen LogP contribution in [0.1, 0.15) is 23.8 Å². The third kappa shape index (κ3) is 5.11. The second kappa shape index (κ2) is 9.82. The molecule has 1 fully saturated rings. The summed E-state index contributed by atoms with van der Waals surface area (Å²) in [6, 6.07) is 6.59. The number of hydrogen-bond acceptors (Lipinski definition) is 6. The molecule has 2 amide bonds. The summed E-state index contributed by atoms with van der Waals surface area (Å²) >= 11 is 0. The number of para-hydroxylation sites is 1. The average Bonchev–Trinajstić information content (AvgIpc) is 3.17. The number of likely N-dealkylation sites (tertiary alicyclic amines) is 1. The number of hydrogen-bond donors (Lipinski definition) is 3. The fraction of sp³-hybridized carbons (Fsp3) is 0.550. The number of rotatable bonds is 8. The van der Waals surface area contributed by atoms with Gasteiger partial charge in [0, 0.05) is 38.1 Å². The minimum Gasteiger partial charge on any atom is -0.396 e. The number of amides is 2. The van der Waals surface area contributed by atoms with Crippen LogP contribution in [0.4, 0.5) is 0 Å². The van der Waals surface area contributed by atoms with Crippen molar-refractivity contribution >= 4 is 22.7 Å². The van der Waals surface area contributed by atoms with Crippen LogP contribution in [0.15, 0.2) is 24.3 Å². The maximum atomic E-state index is 12.9. The number of piperidine rings is 1. The number of aliphatic hydroxyl groups is 1. The summed E-state index contributed by atoms with van der Waals surface area (Å²) in [5, 5.41) is 19.9. The number of nitrogens with one attached hydrogen (secondary N) is 2. The van der Waals surface area contributed by atoms with Gasteiger partial charge in [0.15, 0.2) is 5.69 Å². The molecule has 0 bridgehead atoms. The molecule has 2 heterocycles. The van der Waals surface area contributed by atoms with Crippen LogP contribution in [0.25, 0.3) is 10.9 Å². The molecule has 0 spiro atoms. The Hall–Kier alpha value is -2.49. The predicted octanol–water partition coefficient (Wildman–Crippen LogP) is 0.554. The number of fused-ring (bicyclic) bond motifs is 1. The first-order valence-electron chi connectivity index (χ1n) is 9.77. The van der Waals surface area contributed by atoms with Gasteiger partial charge in [0.2, 0.25) is 5.91 Å². The summed E-state index contributed by atoms with van der Waals surface area (Å²) in [6.07, 6.45) is 0.516. The number of methoxy groups -OCH3 is 1. The lowest BCUT2D eigenvalue weighted by molar-refractivity contribution is -0.139. The van der Waals surface area contributed by atoms with Crippen LogP contribution in [0, 0.1) is 5.92 Å². The van der Waals surface area contributed by atoms with Crippen LogP contribution >= 0.6 is 0 Å². The van der Waals surface area contributed by atoms with Gasteiger partial charge in [-0.2, -0.15) is 5.10 Å². The largest absolute Gasteiger partial charge is 0.396 e. The van der Waals surface area contributed by atoms with E-state index in [4.69, 9.17) is 9.47 Å². The van der Waals surface area contributed by atoms with Crippen LogP contribution in [0.3, 0.4) is 0 Å². The maximum absolute atomic E-state index is 12.9. The first kappa shape index (κ1) is 21.2. The van der Waals surface area contributed by atoms with Gasteiger partial charge in [0.05, 0.1) is 24.8 Å². The van der Waals surface area contributed by atoms with Crippen LogP contribution in [0.5, 0.6) is 0 Å². The van der Waals surface area contributed by atoms with E-state index >= 15 is 0 Å². The minimum atomic E-state index is -0.727. The van der Waals surface area contributed by atoms with Crippen molar-refractivity contribution in [2.45, 2.75) is 25.5 Å². The zero-order valence-electron chi connectivity index (χ0n) is 16.8. The zero-order chi connectivity index (χ0) is 20.8. The van der Waals surface area contributed by atoms with Crippen molar-refractivity contribution in [1.29, 1.82) is 0 Å². The zero-order valence-corrected chi connectivity index (χ0v) is 16.8. The Kier molecular flexibility index (Phi) is 7.18. The van der Waals surface area contributed by atoms with Crippen molar-refractivity contribution in [2.24, 2.45) is 5.92 Å². The highest BCUT2D eigenvalue weighted by molar-refractivity contribution is 6.05. The molecule has 3 N–H and O–H groups in total. The van der Waals surface area contributed by atoms with E-state index < -0.39 is 11.9 Å². The summed E-state index contributed by atoms with van der Waals surface area (Å²) in [7, 11) is 1.60. The second-order valence-corrected chi connectivity index (χ2v) is 7.33. The smallest absolute Gasteiger partial charge is 0.273 e. The van der Waals surface area contributed by atoms with E-state index in [9.17, 15) is 14.7 Å². The third-order valence-corrected chi connectivity index (χ3v) is 5.11. The molecule has 2 aromatic rings. The van der Waals surface area contributed by atoms with Crippen molar-refractivity contribution in [3.8, 4) is 0 Å². The number of ether oxygens (including phenoxy) is 2. The number of H-pyrrole nitrogens is 1. The van der Waals surface area contributed by atoms with Gasteiger partial charge in [-0.1, -0.05) is 18.2 Å². The van der Waals surface area contributed by atoms with E-state index in [1.807, 2.05) is 18.2 Å². The van der Waals surface area contributed by atoms with Gasteiger partial charge in [-0.3, -0.25) is 14.7 Å². The number of aliphatic hydroxyl groups excluding tert-OH is 1. The number of carbonyl (C=O) groups excluding carboxylic acids is 2. The lowest BCUT2D eigenvalue weighted by Gasteiger charge is -2.38. The molecule has 9 heteroatoms. The Morgan fingerprint density at radius 2 is 2.14 bits per heavy atom. The molecule has 1 aliphatic rings. The quantitative estimate of drug-likeness (QED) is 0.554. The average molecular weight is 404 g/mol. The molecule has 3 rings (SSSR count). The molecule has 0 radical (unpaired) electrons. The van der Waals surface area contributed by atoms with Gasteiger partial charge < -0.3 is 24.8 Å². The standard InChI is InChI=1S/C20H28N4O5/c1-13(21-19(26)18-16-5-3-4-6-17(16)22-23-18)20(27)24-10-14(12-25)9-15(11-24)29-8-7-28-2/h3-6,13-15,25H,7-12H2,1-2H3,(H,21,26)(H,22,23). The van der Waals surface area contributed by atoms with Crippen molar-refractivity contribution < 1.29 is 24.2 Å². The summed E-state index contributed by atoms with van der Waals surface area (Å²) in [6.45, 7) is 3.39. The fourth-order valence-electron chi connectivity index (χ4n) is 3.62. The minimum absolute atomic E-state index is 0.0199. The van der Waals surface area contributed by atoms with Gasteiger partial charge >= 0.3 is 0 Å². The maximum Gasteiger partial charge on any atom is 0.273 e. The van der Waals surface area contributed by atoms with E-state index in [0.717, 1.165) is 5.52 Å². The molecule has 158 valence electrons. The lowest BCUT2D eigenvalue weighted by Crippen LogP contribution is -2.54. The van der Waals surface area contributed by atoms with Crippen LogP contribution in [0.2, 0.25) is 0 Å². The number of carbonyl (C=O) groups is 2. The van der Waals surface area contributed by atoms with Crippen molar-refractivity contribution in [1.82, 2.24) is 20.4 Å². The Morgan fingerprint density at radius 1 is 1.34 bits per heavy atom. The third-order valence-electron chi connectivity index (χ3n) is 5.11. The SMILES string of the molecule is COCCOC1CC(CO)CN(C(=O)C(C)NC(=O)c2n[nH]c3ccccc23)C1. The molecule has 3 unspecified atom stereocenters. The molecule has 29 heavy (non-hydrogen) atoms. The molecule has 3 atom stereocenters. The van der Waals surface area contributed by atoms with Crippen molar-refractivity contribution in [3.05, 3.63) is 30.0 Å². The highest BCUT2D eigenvalue weighted by Gasteiger charge is 2.33. The summed E-state index contributed by atoms with van der Waals surface area (Å²) < 4.78 is 10.8. The number of aromatic amines is 1. The van der Waals surface area contributed by atoms with Crippen LogP contribution in [-0.2, 0) is 14.3 Å². The van der Waals surface area contributed by atoms with Crippen LogP contribution < -0.4 is 5.32 Å². The molecule has 1 saturated heterocycles. The van der Waals surface area contributed by atoms with Gasteiger partial charge in [-0.15, -0.1) is 0 Å². The Morgan fingerprint density at radius 3 is 2.90 bits per heavy atom. The molecule has 0 saturated carbocycles. The topological polar surface area (TPSA) is 117 Å². The van der Waals surface area contributed by atoms with E-state index in [2.05, 4.69) is 15.5 Å². The first-order valence-corrected chi connectivity index (χ1v) is 9.77. The Balaban J connectivity index is 1.62. The Labute approximate surface area is 169 Å². The van der Waals surface area contributed by atoms with Gasteiger partial charge in [-0.05, 0) is 19.4 Å². The highest BCUT2D eigenvalue weighted by atomic mass is 16.5. The second-order valence-electron chi connectivity index (χ2n) is 7.33. The van der Waals surface area contributed by atoms with Gasteiger partial charge in [0.25, 0.3) is 5.91 Å². The van der Waals surface area contributed by atoms with E-state index in [1.54, 1.807) is 25.0 Å². The predicted molar refractivity (Wildman–Crippen MR) is 106 cm³/mol. The lowest BCUT2D eigenvalue weighted by atomic mass is 9.96. The van der Waals surface area contributed by atoms with Gasteiger partial charge in [-0.25, -0.2) is 0 Å². The van der Waals surface area contributed by atoms with E-state index in [-0.39, 0.29) is 30.2 Å². The van der Waals surface area contributed by atoms with Crippen LogP contribution in [-0.4, -0.2) is 84.2 Å². The number of nitrogens with zero attached hydrogens (tertiary/aromatic N) is 2. The van der Waals surface area contributed by atoms with E-state index in [1.165, 1.54) is 0 Å². The highest BCUT2D eigenvalue weighted by Crippen LogP contribution is 2.20.